The van der Waals surface area contributed by atoms with Gasteiger partial charge in [-0.15, -0.1) is 11.3 Å². The second-order valence-electron chi connectivity index (χ2n) is 14.2. The van der Waals surface area contributed by atoms with Crippen LogP contribution in [0.25, 0.3) is 80.7 Å². The zero-order valence-corrected chi connectivity index (χ0v) is 30.7. The molecule has 0 saturated carbocycles. The number of thiophene rings is 1. The molecule has 0 bridgehead atoms. The van der Waals surface area contributed by atoms with Crippen LogP contribution in [0.2, 0.25) is 0 Å². The highest BCUT2D eigenvalue weighted by molar-refractivity contribution is 7.26. The highest BCUT2D eigenvalue weighted by Crippen LogP contribution is 2.44. The molecule has 0 N–H and O–H groups in total. The molecule has 11 aromatic rings. The SMILES string of the molecule is c1ccc(-c2cccc(N(c3ccc(-c4cccc5c4sc4cc6ccccc6cc45)cc3)c3ccc4c(c3)c3ccccc3n4-c3ccccc3)c2)cc1. The lowest BCUT2D eigenvalue weighted by Crippen LogP contribution is -2.10. The molecule has 0 unspecified atom stereocenters. The summed E-state index contributed by atoms with van der Waals surface area (Å²) in [6.45, 7) is 0. The molecule has 0 saturated heterocycles. The number of para-hydroxylation sites is 2. The van der Waals surface area contributed by atoms with Crippen LogP contribution in [0.15, 0.2) is 206 Å². The molecule has 2 nitrogen and oxygen atoms in total. The predicted octanol–water partition coefficient (Wildman–Crippen LogP) is 15.1. The fourth-order valence-corrected chi connectivity index (χ4v) is 9.63. The van der Waals surface area contributed by atoms with Gasteiger partial charge in [0.05, 0.1) is 11.0 Å². The van der Waals surface area contributed by atoms with E-state index in [0.29, 0.717) is 0 Å². The van der Waals surface area contributed by atoms with Gasteiger partial charge in [-0.25, -0.2) is 0 Å². The quantitative estimate of drug-likeness (QED) is 0.166. The van der Waals surface area contributed by atoms with Crippen molar-refractivity contribution in [2.24, 2.45) is 0 Å². The van der Waals surface area contributed by atoms with Crippen molar-refractivity contribution in [2.75, 3.05) is 4.90 Å². The maximum Gasteiger partial charge on any atom is 0.0542 e. The Kier molecular flexibility index (Phi) is 7.39. The summed E-state index contributed by atoms with van der Waals surface area (Å²) in [4.78, 5) is 2.40. The smallest absolute Gasteiger partial charge is 0.0542 e. The molecule has 11 rings (SSSR count). The Bertz CT molecular complexity index is 3190. The van der Waals surface area contributed by atoms with Crippen LogP contribution in [0.5, 0.6) is 0 Å². The summed E-state index contributed by atoms with van der Waals surface area (Å²) < 4.78 is 5.03. The van der Waals surface area contributed by atoms with Crippen LogP contribution in [0.3, 0.4) is 0 Å². The van der Waals surface area contributed by atoms with Gasteiger partial charge < -0.3 is 9.47 Å². The summed E-state index contributed by atoms with van der Waals surface area (Å²) in [5.41, 5.74) is 11.7. The lowest BCUT2D eigenvalue weighted by Gasteiger charge is -2.26. The van der Waals surface area contributed by atoms with Gasteiger partial charge >= 0.3 is 0 Å². The van der Waals surface area contributed by atoms with Crippen LogP contribution in [0.1, 0.15) is 0 Å². The largest absolute Gasteiger partial charge is 0.310 e. The number of fused-ring (bicyclic) bond motifs is 7. The standard InChI is InChI=1S/C52H34N2S/c1-3-13-35(14-4-1)37-17-11-20-42(31-37)53(43-29-30-50-47(34-43)45-21-9-10-24-49(45)54(50)40-18-5-2-6-19-40)41-27-25-36(26-28-41)44-22-12-23-46-48-32-38-15-7-8-16-39(38)33-51(48)55-52(44)46/h1-34H. The molecule has 55 heavy (non-hydrogen) atoms. The molecule has 0 spiro atoms. The van der Waals surface area contributed by atoms with Gasteiger partial charge in [-0.3, -0.25) is 0 Å². The molecule has 0 amide bonds. The first-order valence-corrected chi connectivity index (χ1v) is 19.6. The molecule has 3 heteroatoms. The zero-order chi connectivity index (χ0) is 36.3. The summed E-state index contributed by atoms with van der Waals surface area (Å²) in [6.07, 6.45) is 0. The Morgan fingerprint density at radius 1 is 0.364 bits per heavy atom. The second-order valence-corrected chi connectivity index (χ2v) is 15.2. The minimum absolute atomic E-state index is 1.11. The maximum absolute atomic E-state index is 2.40. The number of anilines is 3. The van der Waals surface area contributed by atoms with Gasteiger partial charge in [0.25, 0.3) is 0 Å². The average molecular weight is 719 g/mol. The van der Waals surface area contributed by atoms with Crippen LogP contribution < -0.4 is 4.90 Å². The Morgan fingerprint density at radius 2 is 1.00 bits per heavy atom. The number of rotatable bonds is 6. The van der Waals surface area contributed by atoms with Gasteiger partial charge in [-0.2, -0.15) is 0 Å². The molecule has 9 aromatic carbocycles. The third-order valence-corrected chi connectivity index (χ3v) is 12.1. The molecular weight excluding hydrogens is 685 g/mol. The topological polar surface area (TPSA) is 8.17 Å². The van der Waals surface area contributed by atoms with Crippen molar-refractivity contribution < 1.29 is 0 Å². The van der Waals surface area contributed by atoms with E-state index in [1.54, 1.807) is 0 Å². The molecule has 258 valence electrons. The van der Waals surface area contributed by atoms with Crippen molar-refractivity contribution in [3.05, 3.63) is 206 Å². The number of aromatic nitrogens is 1. The maximum atomic E-state index is 2.40. The highest BCUT2D eigenvalue weighted by atomic mass is 32.1. The van der Waals surface area contributed by atoms with E-state index in [2.05, 4.69) is 216 Å². The lowest BCUT2D eigenvalue weighted by atomic mass is 10.0. The fourth-order valence-electron chi connectivity index (χ4n) is 8.36. The van der Waals surface area contributed by atoms with Gasteiger partial charge in [-0.05, 0) is 106 Å². The Labute approximate surface area is 323 Å². The van der Waals surface area contributed by atoms with Crippen LogP contribution >= 0.6 is 11.3 Å². The van der Waals surface area contributed by atoms with E-state index in [1.165, 1.54) is 75.0 Å². The van der Waals surface area contributed by atoms with Gasteiger partial charge in [0, 0.05) is 53.7 Å². The molecule has 0 aliphatic rings. The normalized spacial score (nSPS) is 11.6. The Morgan fingerprint density at radius 3 is 1.84 bits per heavy atom. The predicted molar refractivity (Wildman–Crippen MR) is 237 cm³/mol. The summed E-state index contributed by atoms with van der Waals surface area (Å²) in [5.74, 6) is 0. The van der Waals surface area contributed by atoms with Crippen molar-refractivity contribution >= 4 is 81.1 Å². The van der Waals surface area contributed by atoms with Gasteiger partial charge in [0.2, 0.25) is 0 Å². The van der Waals surface area contributed by atoms with E-state index < -0.39 is 0 Å². The van der Waals surface area contributed by atoms with Crippen LogP contribution in [0, 0.1) is 0 Å². The molecule has 0 radical (unpaired) electrons. The molecular formula is C52H34N2S. The van der Waals surface area contributed by atoms with Gasteiger partial charge in [0.15, 0.2) is 0 Å². The molecule has 0 aliphatic heterocycles. The van der Waals surface area contributed by atoms with Crippen molar-refractivity contribution in [1.82, 2.24) is 4.57 Å². The third-order valence-electron chi connectivity index (χ3n) is 10.9. The molecule has 0 fully saturated rings. The third kappa shape index (κ3) is 5.32. The molecule has 2 aromatic heterocycles. The van der Waals surface area contributed by atoms with Crippen molar-refractivity contribution in [1.29, 1.82) is 0 Å². The molecule has 0 aliphatic carbocycles. The molecule has 2 heterocycles. The first kappa shape index (κ1) is 31.6. The fraction of sp³-hybridized carbons (Fsp3) is 0. The summed E-state index contributed by atoms with van der Waals surface area (Å²) in [7, 11) is 0. The first-order valence-electron chi connectivity index (χ1n) is 18.8. The van der Waals surface area contributed by atoms with Crippen molar-refractivity contribution in [2.45, 2.75) is 0 Å². The average Bonchev–Trinajstić information content (AvgIpc) is 3.79. The second kappa shape index (κ2) is 12.9. The van der Waals surface area contributed by atoms with E-state index in [-0.39, 0.29) is 0 Å². The number of hydrogen-bond acceptors (Lipinski definition) is 2. The summed E-state index contributed by atoms with van der Waals surface area (Å²) >= 11 is 1.89. The van der Waals surface area contributed by atoms with E-state index in [1.807, 2.05) is 11.3 Å². The number of nitrogens with zero attached hydrogens (tertiary/aromatic N) is 2. The lowest BCUT2D eigenvalue weighted by molar-refractivity contribution is 1.18. The minimum Gasteiger partial charge on any atom is -0.310 e. The Balaban J connectivity index is 1.07. The van der Waals surface area contributed by atoms with Crippen molar-refractivity contribution in [3.63, 3.8) is 0 Å². The monoisotopic (exact) mass is 718 g/mol. The highest BCUT2D eigenvalue weighted by Gasteiger charge is 2.19. The first-order chi connectivity index (χ1) is 27.3. The van der Waals surface area contributed by atoms with Crippen LogP contribution in [-0.4, -0.2) is 4.57 Å². The Hall–Kier alpha value is -6.94. The van der Waals surface area contributed by atoms with E-state index in [9.17, 15) is 0 Å². The minimum atomic E-state index is 1.11. The summed E-state index contributed by atoms with van der Waals surface area (Å²) in [6, 6.07) is 75.1. The number of hydrogen-bond donors (Lipinski definition) is 0. The van der Waals surface area contributed by atoms with Crippen LogP contribution in [-0.2, 0) is 0 Å². The van der Waals surface area contributed by atoms with Crippen molar-refractivity contribution in [3.8, 4) is 27.9 Å². The molecule has 0 atom stereocenters. The summed E-state index contributed by atoms with van der Waals surface area (Å²) in [5, 5.41) is 7.67. The number of benzene rings is 9. The van der Waals surface area contributed by atoms with Gasteiger partial charge in [0.1, 0.15) is 0 Å². The van der Waals surface area contributed by atoms with E-state index in [0.717, 1.165) is 22.7 Å². The van der Waals surface area contributed by atoms with E-state index >= 15 is 0 Å². The van der Waals surface area contributed by atoms with Crippen LogP contribution in [0.4, 0.5) is 17.1 Å². The van der Waals surface area contributed by atoms with E-state index in [4.69, 9.17) is 0 Å². The van der Waals surface area contributed by atoms with Gasteiger partial charge in [-0.1, -0.05) is 133 Å². The zero-order valence-electron chi connectivity index (χ0n) is 29.9.